The summed E-state index contributed by atoms with van der Waals surface area (Å²) < 4.78 is 6.41. The number of piperidine rings is 1. The molecule has 2 aromatic carbocycles. The number of halogens is 2. The fourth-order valence-corrected chi connectivity index (χ4v) is 5.54. The van der Waals surface area contributed by atoms with Crippen molar-refractivity contribution in [1.82, 2.24) is 9.97 Å². The van der Waals surface area contributed by atoms with Crippen LogP contribution in [0.2, 0.25) is 10.0 Å². The highest BCUT2D eigenvalue weighted by Gasteiger charge is 2.44. The minimum atomic E-state index is -0.549. The van der Waals surface area contributed by atoms with Crippen LogP contribution in [0.1, 0.15) is 57.8 Å². The molecule has 1 spiro atoms. The van der Waals surface area contributed by atoms with Crippen molar-refractivity contribution in [2.24, 2.45) is 0 Å². The van der Waals surface area contributed by atoms with Gasteiger partial charge < -0.3 is 9.64 Å². The van der Waals surface area contributed by atoms with Crippen LogP contribution in [-0.4, -0.2) is 34.4 Å². The van der Waals surface area contributed by atoms with E-state index in [9.17, 15) is 4.79 Å². The van der Waals surface area contributed by atoms with Crippen LogP contribution in [0, 0.1) is 20.8 Å². The van der Waals surface area contributed by atoms with E-state index in [0.29, 0.717) is 40.6 Å². The van der Waals surface area contributed by atoms with Crippen molar-refractivity contribution in [1.29, 1.82) is 0 Å². The summed E-state index contributed by atoms with van der Waals surface area (Å²) in [6.45, 7) is 7.57. The molecule has 0 radical (unpaired) electrons. The number of rotatable bonds is 3. The first kappa shape index (κ1) is 23.1. The highest BCUT2D eigenvalue weighted by atomic mass is 35.5. The lowest BCUT2D eigenvalue weighted by molar-refractivity contribution is 0.0231. The van der Waals surface area contributed by atoms with Crippen molar-refractivity contribution in [3.05, 3.63) is 80.2 Å². The predicted molar refractivity (Wildman–Crippen MR) is 136 cm³/mol. The number of hydrogen-bond acceptors (Lipinski definition) is 5. The summed E-state index contributed by atoms with van der Waals surface area (Å²) in [7, 11) is 0. The maximum absolute atomic E-state index is 13.0. The van der Waals surface area contributed by atoms with Gasteiger partial charge in [-0.3, -0.25) is 4.79 Å². The highest BCUT2D eigenvalue weighted by Crippen LogP contribution is 2.44. The van der Waals surface area contributed by atoms with Gasteiger partial charge >= 0.3 is 0 Å². The van der Waals surface area contributed by atoms with E-state index < -0.39 is 5.60 Å². The predicted octanol–water partition coefficient (Wildman–Crippen LogP) is 6.30. The number of nitrogens with zero attached hydrogens (tertiary/aromatic N) is 3. The van der Waals surface area contributed by atoms with Crippen molar-refractivity contribution >= 4 is 34.8 Å². The first-order chi connectivity index (χ1) is 16.2. The van der Waals surface area contributed by atoms with Gasteiger partial charge in [0.1, 0.15) is 23.0 Å². The van der Waals surface area contributed by atoms with E-state index in [1.54, 1.807) is 12.1 Å². The lowest BCUT2D eigenvalue weighted by atomic mass is 9.82. The summed E-state index contributed by atoms with van der Waals surface area (Å²) in [6.07, 6.45) is 2.54. The van der Waals surface area contributed by atoms with Crippen LogP contribution >= 0.6 is 23.2 Å². The van der Waals surface area contributed by atoms with E-state index in [-0.39, 0.29) is 5.78 Å². The third-order valence-electron chi connectivity index (χ3n) is 6.89. The normalized spacial score (nSPS) is 17.0. The van der Waals surface area contributed by atoms with Crippen LogP contribution in [0.4, 0.5) is 5.82 Å². The zero-order chi connectivity index (χ0) is 24.0. The second kappa shape index (κ2) is 8.86. The molecule has 176 valence electrons. The molecular formula is C27H27Cl2N3O2. The summed E-state index contributed by atoms with van der Waals surface area (Å²) in [5.41, 5.74) is 4.56. The molecule has 1 aromatic heterocycles. The van der Waals surface area contributed by atoms with Gasteiger partial charge in [-0.1, -0.05) is 53.0 Å². The summed E-state index contributed by atoms with van der Waals surface area (Å²) in [5.74, 6) is 2.24. The fraction of sp³-hybridized carbons (Fsp3) is 0.370. The molecule has 1 saturated heterocycles. The van der Waals surface area contributed by atoms with Crippen LogP contribution in [-0.2, 0) is 6.42 Å². The number of carbonyl (C=O) groups excluding carboxylic acids is 1. The molecule has 0 aliphatic carbocycles. The summed E-state index contributed by atoms with van der Waals surface area (Å²) >= 11 is 12.5. The summed E-state index contributed by atoms with van der Waals surface area (Å²) in [5, 5.41) is 0.835. The zero-order valence-corrected chi connectivity index (χ0v) is 21.1. The number of Topliss-reactive ketones (excluding diaryl/α,β-unsaturated/α-hetero) is 1. The number of aromatic nitrogens is 2. The van der Waals surface area contributed by atoms with Gasteiger partial charge in [-0.2, -0.15) is 0 Å². The molecule has 0 saturated carbocycles. The van der Waals surface area contributed by atoms with Crippen molar-refractivity contribution < 1.29 is 9.53 Å². The van der Waals surface area contributed by atoms with Crippen LogP contribution < -0.4 is 9.64 Å². The second-order valence-corrected chi connectivity index (χ2v) is 10.3. The maximum Gasteiger partial charge on any atom is 0.170 e. The number of ether oxygens (including phenoxy) is 1. The number of benzene rings is 2. The van der Waals surface area contributed by atoms with Crippen molar-refractivity contribution in [3.8, 4) is 5.75 Å². The average molecular weight is 496 g/mol. The number of fused-ring (bicyclic) bond motifs is 1. The van der Waals surface area contributed by atoms with Crippen LogP contribution in [0.15, 0.2) is 36.4 Å². The van der Waals surface area contributed by atoms with Crippen LogP contribution in [0.5, 0.6) is 5.75 Å². The number of carbonyl (C=O) groups is 1. The summed E-state index contributed by atoms with van der Waals surface area (Å²) in [4.78, 5) is 24.8. The quantitative estimate of drug-likeness (QED) is 0.426. The van der Waals surface area contributed by atoms with Gasteiger partial charge in [0.25, 0.3) is 0 Å². The Labute approximate surface area is 210 Å². The molecule has 0 unspecified atom stereocenters. The van der Waals surface area contributed by atoms with Crippen molar-refractivity contribution in [3.63, 3.8) is 0 Å². The monoisotopic (exact) mass is 495 g/mol. The molecule has 1 fully saturated rings. The van der Waals surface area contributed by atoms with E-state index in [4.69, 9.17) is 32.9 Å². The number of aryl methyl sites for hydroxylation is 3. The minimum absolute atomic E-state index is 0.0351. The molecule has 3 aromatic rings. The zero-order valence-electron chi connectivity index (χ0n) is 19.6. The molecule has 5 nitrogen and oxygen atoms in total. The molecule has 2 aliphatic rings. The molecule has 34 heavy (non-hydrogen) atoms. The first-order valence-corrected chi connectivity index (χ1v) is 12.3. The van der Waals surface area contributed by atoms with Crippen LogP contribution in [0.25, 0.3) is 0 Å². The highest BCUT2D eigenvalue weighted by molar-refractivity contribution is 6.36. The van der Waals surface area contributed by atoms with Gasteiger partial charge in [-0.25, -0.2) is 9.97 Å². The molecule has 0 atom stereocenters. The molecule has 7 heteroatoms. The lowest BCUT2D eigenvalue weighted by Gasteiger charge is -2.44. The Balaban J connectivity index is 1.40. The number of ketones is 1. The van der Waals surface area contributed by atoms with Gasteiger partial charge in [0.2, 0.25) is 0 Å². The van der Waals surface area contributed by atoms with Crippen LogP contribution in [0.3, 0.4) is 0 Å². The Hall–Kier alpha value is -2.63. The third-order valence-corrected chi connectivity index (χ3v) is 7.39. The molecular weight excluding hydrogens is 469 g/mol. The Morgan fingerprint density at radius 2 is 1.74 bits per heavy atom. The molecule has 0 amide bonds. The van der Waals surface area contributed by atoms with E-state index >= 15 is 0 Å². The van der Waals surface area contributed by atoms with Gasteiger partial charge in [-0.15, -0.1) is 0 Å². The number of anilines is 1. The molecule has 5 rings (SSSR count). The van der Waals surface area contributed by atoms with E-state index in [0.717, 1.165) is 42.4 Å². The minimum Gasteiger partial charge on any atom is -0.484 e. The van der Waals surface area contributed by atoms with Gasteiger partial charge in [0.15, 0.2) is 5.78 Å². The maximum atomic E-state index is 13.0. The Kier molecular flexibility index (Phi) is 6.03. The Morgan fingerprint density at radius 1 is 1.03 bits per heavy atom. The Bertz CT molecular complexity index is 1270. The van der Waals surface area contributed by atoms with Crippen molar-refractivity contribution in [2.75, 3.05) is 18.0 Å². The molecule has 0 bridgehead atoms. The SMILES string of the molecule is Cc1ccc(Cc2c(C)nc(C)nc2N2CCC3(CC2)CC(=O)c2cc(Cl)cc(Cl)c2O3)cc1. The van der Waals surface area contributed by atoms with Gasteiger partial charge in [0, 0.05) is 48.6 Å². The molecule has 2 aliphatic heterocycles. The largest absolute Gasteiger partial charge is 0.484 e. The van der Waals surface area contributed by atoms with E-state index in [2.05, 4.69) is 48.0 Å². The standard InChI is InChI=1S/C27H27Cl2N3O2/c1-16-4-6-19(7-5-16)12-21-17(2)30-18(3)31-26(21)32-10-8-27(9-11-32)15-24(33)22-13-20(28)14-23(29)25(22)34-27/h4-7,13-14H,8-12,15H2,1-3H3. The second-order valence-electron chi connectivity index (χ2n) is 9.46. The van der Waals surface area contributed by atoms with Crippen molar-refractivity contribution in [2.45, 2.75) is 52.1 Å². The molecule has 3 heterocycles. The first-order valence-electron chi connectivity index (χ1n) is 11.6. The third kappa shape index (κ3) is 4.39. The Morgan fingerprint density at radius 3 is 2.44 bits per heavy atom. The van der Waals surface area contributed by atoms with E-state index in [1.807, 2.05) is 6.92 Å². The number of hydrogen-bond donors (Lipinski definition) is 0. The van der Waals surface area contributed by atoms with Gasteiger partial charge in [0.05, 0.1) is 17.0 Å². The summed E-state index contributed by atoms with van der Waals surface area (Å²) in [6, 6.07) is 11.9. The van der Waals surface area contributed by atoms with Gasteiger partial charge in [-0.05, 0) is 38.5 Å². The fourth-order valence-electron chi connectivity index (χ4n) is 5.01. The lowest BCUT2D eigenvalue weighted by Crippen LogP contribution is -2.51. The van der Waals surface area contributed by atoms with E-state index in [1.165, 1.54) is 11.1 Å². The smallest absolute Gasteiger partial charge is 0.170 e. The molecule has 0 N–H and O–H groups in total. The average Bonchev–Trinajstić information content (AvgIpc) is 2.78. The topological polar surface area (TPSA) is 55.3 Å².